The first-order valence-electron chi connectivity index (χ1n) is 6.45. The first kappa shape index (κ1) is 12.4. The van der Waals surface area contributed by atoms with E-state index in [1.807, 2.05) is 5.38 Å². The Morgan fingerprint density at radius 1 is 1.28 bits per heavy atom. The summed E-state index contributed by atoms with van der Waals surface area (Å²) >= 11 is 1.62. The second kappa shape index (κ2) is 3.95. The Morgan fingerprint density at radius 3 is 2.44 bits per heavy atom. The fraction of sp³-hybridized carbons (Fsp3) is 0.750. The van der Waals surface area contributed by atoms with E-state index in [1.54, 1.807) is 11.3 Å². The molecule has 0 radical (unpaired) electrons. The summed E-state index contributed by atoms with van der Waals surface area (Å²) in [5, 5.41) is 6.39. The third kappa shape index (κ3) is 2.17. The lowest BCUT2D eigenvalue weighted by Crippen LogP contribution is -2.41. The SMILES string of the molecule is CC1(C)OB(c2csc(NC3CC3)n2)OC1(C)C. The molecular weight excluding hydrogens is 247 g/mol. The lowest BCUT2D eigenvalue weighted by Gasteiger charge is -2.32. The number of anilines is 1. The van der Waals surface area contributed by atoms with E-state index in [1.165, 1.54) is 12.8 Å². The van der Waals surface area contributed by atoms with Gasteiger partial charge in [-0.25, -0.2) is 4.98 Å². The van der Waals surface area contributed by atoms with Gasteiger partial charge in [-0.2, -0.15) is 0 Å². The summed E-state index contributed by atoms with van der Waals surface area (Å²) in [5.74, 6) is 0. The van der Waals surface area contributed by atoms with Crippen LogP contribution in [0.15, 0.2) is 5.38 Å². The Balaban J connectivity index is 1.73. The molecule has 1 saturated heterocycles. The maximum atomic E-state index is 5.98. The number of hydrogen-bond acceptors (Lipinski definition) is 5. The van der Waals surface area contributed by atoms with Crippen LogP contribution in [0.3, 0.4) is 0 Å². The number of hydrogen-bond donors (Lipinski definition) is 1. The predicted octanol–water partition coefficient (Wildman–Crippen LogP) is 2.02. The van der Waals surface area contributed by atoms with Crippen LogP contribution in [0.1, 0.15) is 40.5 Å². The molecule has 98 valence electrons. The first-order chi connectivity index (χ1) is 8.37. The summed E-state index contributed by atoms with van der Waals surface area (Å²) in [5.41, 5.74) is 0.276. The summed E-state index contributed by atoms with van der Waals surface area (Å²) in [6.45, 7) is 8.23. The van der Waals surface area contributed by atoms with Crippen molar-refractivity contribution in [3.8, 4) is 0 Å². The highest BCUT2D eigenvalue weighted by Crippen LogP contribution is 2.36. The van der Waals surface area contributed by atoms with Gasteiger partial charge in [0.2, 0.25) is 0 Å². The minimum absolute atomic E-state index is 0.300. The molecule has 0 atom stereocenters. The molecule has 3 rings (SSSR count). The van der Waals surface area contributed by atoms with Crippen LogP contribution in [0.25, 0.3) is 0 Å². The summed E-state index contributed by atoms with van der Waals surface area (Å²) in [6, 6.07) is 0.627. The molecule has 0 spiro atoms. The largest absolute Gasteiger partial charge is 0.515 e. The number of nitrogens with one attached hydrogen (secondary N) is 1. The van der Waals surface area contributed by atoms with Crippen molar-refractivity contribution < 1.29 is 9.31 Å². The zero-order valence-electron chi connectivity index (χ0n) is 11.3. The maximum absolute atomic E-state index is 5.98. The van der Waals surface area contributed by atoms with Gasteiger partial charge in [-0.15, -0.1) is 11.3 Å². The zero-order chi connectivity index (χ0) is 13.0. The molecule has 1 aromatic heterocycles. The molecule has 18 heavy (non-hydrogen) atoms. The second-order valence-corrected chi connectivity index (χ2v) is 6.94. The minimum Gasteiger partial charge on any atom is -0.398 e. The van der Waals surface area contributed by atoms with Crippen molar-refractivity contribution in [1.82, 2.24) is 4.98 Å². The van der Waals surface area contributed by atoms with Gasteiger partial charge < -0.3 is 14.6 Å². The summed E-state index contributed by atoms with van der Waals surface area (Å²) in [7, 11) is -0.346. The molecule has 1 N–H and O–H groups in total. The van der Waals surface area contributed by atoms with E-state index in [9.17, 15) is 0 Å². The van der Waals surface area contributed by atoms with Gasteiger partial charge in [0.25, 0.3) is 0 Å². The quantitative estimate of drug-likeness (QED) is 0.850. The average Bonchev–Trinajstić information content (AvgIpc) is 2.86. The third-order valence-electron chi connectivity index (χ3n) is 3.92. The van der Waals surface area contributed by atoms with Crippen LogP contribution < -0.4 is 10.9 Å². The van der Waals surface area contributed by atoms with Crippen molar-refractivity contribution >= 4 is 29.2 Å². The highest BCUT2D eigenvalue weighted by Gasteiger charge is 2.52. The van der Waals surface area contributed by atoms with Crippen molar-refractivity contribution in [2.75, 3.05) is 5.32 Å². The monoisotopic (exact) mass is 266 g/mol. The molecule has 0 aromatic carbocycles. The fourth-order valence-corrected chi connectivity index (χ4v) is 2.62. The van der Waals surface area contributed by atoms with Crippen molar-refractivity contribution in [2.45, 2.75) is 57.8 Å². The highest BCUT2D eigenvalue weighted by molar-refractivity contribution is 7.14. The lowest BCUT2D eigenvalue weighted by atomic mass is 9.86. The van der Waals surface area contributed by atoms with Crippen LogP contribution in [0.2, 0.25) is 0 Å². The smallest absolute Gasteiger partial charge is 0.398 e. The van der Waals surface area contributed by atoms with E-state index in [2.05, 4.69) is 38.0 Å². The summed E-state index contributed by atoms with van der Waals surface area (Å²) < 4.78 is 12.0. The van der Waals surface area contributed by atoms with Crippen LogP contribution in [0.4, 0.5) is 5.13 Å². The maximum Gasteiger partial charge on any atom is 0.515 e. The molecule has 1 aromatic rings. The van der Waals surface area contributed by atoms with Gasteiger partial charge in [0.1, 0.15) is 0 Å². The van der Waals surface area contributed by atoms with Gasteiger partial charge in [-0.1, -0.05) is 0 Å². The van der Waals surface area contributed by atoms with Gasteiger partial charge in [-0.05, 0) is 40.5 Å². The molecule has 0 unspecified atom stereocenters. The van der Waals surface area contributed by atoms with Crippen LogP contribution in [-0.4, -0.2) is 29.3 Å². The second-order valence-electron chi connectivity index (χ2n) is 6.08. The average molecular weight is 266 g/mol. The summed E-state index contributed by atoms with van der Waals surface area (Å²) in [4.78, 5) is 4.56. The van der Waals surface area contributed by atoms with Gasteiger partial charge in [-0.3, -0.25) is 0 Å². The van der Waals surface area contributed by atoms with Crippen LogP contribution >= 0.6 is 11.3 Å². The van der Waals surface area contributed by atoms with Gasteiger partial charge in [0.05, 0.1) is 16.8 Å². The third-order valence-corrected chi connectivity index (χ3v) is 4.71. The van der Waals surface area contributed by atoms with Crippen LogP contribution in [0, 0.1) is 0 Å². The molecule has 1 aliphatic heterocycles. The van der Waals surface area contributed by atoms with E-state index in [-0.39, 0.29) is 18.3 Å². The lowest BCUT2D eigenvalue weighted by molar-refractivity contribution is 0.00578. The highest BCUT2D eigenvalue weighted by atomic mass is 32.1. The summed E-state index contributed by atoms with van der Waals surface area (Å²) in [6.07, 6.45) is 2.51. The predicted molar refractivity (Wildman–Crippen MR) is 74.5 cm³/mol. The molecule has 4 nitrogen and oxygen atoms in total. The Hall–Kier alpha value is -0.585. The Bertz CT molecular complexity index is 441. The van der Waals surface area contributed by atoms with Gasteiger partial charge >= 0.3 is 7.12 Å². The molecule has 2 fully saturated rings. The normalized spacial score (nSPS) is 25.4. The van der Waals surface area contributed by atoms with Gasteiger partial charge in [0, 0.05) is 11.4 Å². The van der Waals surface area contributed by atoms with Gasteiger partial charge in [0.15, 0.2) is 5.13 Å². The minimum atomic E-state index is -0.346. The van der Waals surface area contributed by atoms with E-state index in [0.717, 1.165) is 10.7 Å². The van der Waals surface area contributed by atoms with Crippen molar-refractivity contribution in [3.05, 3.63) is 5.38 Å². The standard InChI is InChI=1S/C12H19BN2O2S/c1-11(2)12(3,4)17-13(16-11)9-7-18-10(15-9)14-8-5-6-8/h7-8H,5-6H2,1-4H3,(H,14,15). The number of rotatable bonds is 3. The number of thiazole rings is 1. The number of nitrogens with zero attached hydrogens (tertiary/aromatic N) is 1. The van der Waals surface area contributed by atoms with Crippen molar-refractivity contribution in [3.63, 3.8) is 0 Å². The number of aromatic nitrogens is 1. The Morgan fingerprint density at radius 2 is 1.89 bits per heavy atom. The molecule has 2 heterocycles. The molecule has 1 saturated carbocycles. The fourth-order valence-electron chi connectivity index (χ4n) is 1.83. The Kier molecular flexibility index (Phi) is 2.73. The van der Waals surface area contributed by atoms with Crippen molar-refractivity contribution in [2.24, 2.45) is 0 Å². The first-order valence-corrected chi connectivity index (χ1v) is 7.33. The van der Waals surface area contributed by atoms with Crippen molar-refractivity contribution in [1.29, 1.82) is 0 Å². The molecular formula is C12H19BN2O2S. The van der Waals surface area contributed by atoms with E-state index >= 15 is 0 Å². The molecule has 0 amide bonds. The van der Waals surface area contributed by atoms with E-state index in [4.69, 9.17) is 9.31 Å². The molecule has 2 aliphatic rings. The van der Waals surface area contributed by atoms with Crippen LogP contribution in [-0.2, 0) is 9.31 Å². The molecule has 0 bridgehead atoms. The Labute approximate surface area is 112 Å². The molecule has 1 aliphatic carbocycles. The van der Waals surface area contributed by atoms with Crippen LogP contribution in [0.5, 0.6) is 0 Å². The van der Waals surface area contributed by atoms with E-state index in [0.29, 0.717) is 6.04 Å². The van der Waals surface area contributed by atoms with E-state index < -0.39 is 0 Å². The topological polar surface area (TPSA) is 43.4 Å². The zero-order valence-corrected chi connectivity index (χ0v) is 12.1. The molecule has 6 heteroatoms.